The minimum atomic E-state index is -0.319. The van der Waals surface area contributed by atoms with Gasteiger partial charge in [0.05, 0.1) is 6.54 Å². The number of nitrogens with two attached hydrogens (primary N) is 1. The molecule has 2 atom stereocenters. The van der Waals surface area contributed by atoms with E-state index < -0.39 is 0 Å². The van der Waals surface area contributed by atoms with Crippen LogP contribution in [0, 0.1) is 12.7 Å². The molecule has 3 N–H and O–H groups in total. The van der Waals surface area contributed by atoms with Crippen molar-refractivity contribution in [2.75, 3.05) is 25.0 Å². The lowest BCUT2D eigenvalue weighted by molar-refractivity contribution is -0.117. The Hall–Kier alpha value is -1.95. The third kappa shape index (κ3) is 4.78. The van der Waals surface area contributed by atoms with Gasteiger partial charge in [0.1, 0.15) is 5.82 Å². The predicted molar refractivity (Wildman–Crippen MR) is 101 cm³/mol. The molecular weight excluding hydrogens is 341 g/mol. The van der Waals surface area contributed by atoms with Crippen LogP contribution in [0.5, 0.6) is 0 Å². The summed E-state index contributed by atoms with van der Waals surface area (Å²) in [5.41, 5.74) is 8.48. The third-order valence-electron chi connectivity index (χ3n) is 4.49. The minimum Gasteiger partial charge on any atom is -0.326 e. The van der Waals surface area contributed by atoms with Gasteiger partial charge in [-0.3, -0.25) is 9.69 Å². The fourth-order valence-corrected chi connectivity index (χ4v) is 3.17. The summed E-state index contributed by atoms with van der Waals surface area (Å²) in [6.45, 7) is 3.37. The van der Waals surface area contributed by atoms with Gasteiger partial charge in [0.2, 0.25) is 5.91 Å². The fourth-order valence-electron chi connectivity index (χ4n) is 3.17. The Kier molecular flexibility index (Phi) is 6.53. The Labute approximate surface area is 153 Å². The SMILES string of the molecule is Cc1ccc(NC(=O)CN2C[C@@H](N)[C@H](c3ccccc3)C2)cc1F.Cl. The summed E-state index contributed by atoms with van der Waals surface area (Å²) in [7, 11) is 0. The van der Waals surface area contributed by atoms with Gasteiger partial charge >= 0.3 is 0 Å². The van der Waals surface area contributed by atoms with Crippen LogP contribution in [0.4, 0.5) is 10.1 Å². The highest BCUT2D eigenvalue weighted by molar-refractivity contribution is 5.92. The van der Waals surface area contributed by atoms with Crippen LogP contribution in [0.3, 0.4) is 0 Å². The second-order valence-corrected chi connectivity index (χ2v) is 6.39. The highest BCUT2D eigenvalue weighted by Gasteiger charge is 2.31. The van der Waals surface area contributed by atoms with Crippen molar-refractivity contribution in [2.24, 2.45) is 5.73 Å². The summed E-state index contributed by atoms with van der Waals surface area (Å²) < 4.78 is 13.5. The normalized spacial score (nSPS) is 20.1. The third-order valence-corrected chi connectivity index (χ3v) is 4.49. The number of amides is 1. The molecule has 4 nitrogen and oxygen atoms in total. The maximum Gasteiger partial charge on any atom is 0.238 e. The summed E-state index contributed by atoms with van der Waals surface area (Å²) in [5.74, 6) is -0.241. The minimum absolute atomic E-state index is 0. The van der Waals surface area contributed by atoms with Crippen molar-refractivity contribution in [3.05, 3.63) is 65.5 Å². The molecule has 3 rings (SSSR count). The number of carbonyl (C=O) groups excluding carboxylic acids is 1. The molecule has 2 aromatic rings. The van der Waals surface area contributed by atoms with Crippen molar-refractivity contribution in [1.82, 2.24) is 4.90 Å². The van der Waals surface area contributed by atoms with E-state index in [4.69, 9.17) is 5.73 Å². The lowest BCUT2D eigenvalue weighted by Crippen LogP contribution is -2.33. The summed E-state index contributed by atoms with van der Waals surface area (Å²) >= 11 is 0. The van der Waals surface area contributed by atoms with Gasteiger partial charge in [0, 0.05) is 30.7 Å². The van der Waals surface area contributed by atoms with Crippen molar-refractivity contribution in [3.63, 3.8) is 0 Å². The number of hydrogen-bond donors (Lipinski definition) is 2. The molecule has 0 spiro atoms. The van der Waals surface area contributed by atoms with Gasteiger partial charge in [0.15, 0.2) is 0 Å². The molecule has 0 saturated carbocycles. The molecule has 0 aliphatic carbocycles. The standard InChI is InChI=1S/C19H22FN3O.ClH/c1-13-7-8-15(9-17(13)20)22-19(24)12-23-10-16(18(21)11-23)14-5-3-2-4-6-14;/h2-9,16,18H,10-12,21H2,1H3,(H,22,24);1H/t16-,18+;/m0./s1. The average Bonchev–Trinajstić information content (AvgIpc) is 2.92. The first-order valence-electron chi connectivity index (χ1n) is 8.12. The zero-order chi connectivity index (χ0) is 17.1. The number of rotatable bonds is 4. The van der Waals surface area contributed by atoms with E-state index in [1.807, 2.05) is 23.1 Å². The lowest BCUT2D eigenvalue weighted by atomic mass is 9.95. The van der Waals surface area contributed by atoms with E-state index in [2.05, 4.69) is 17.4 Å². The topological polar surface area (TPSA) is 58.4 Å². The van der Waals surface area contributed by atoms with Crippen molar-refractivity contribution >= 4 is 24.0 Å². The van der Waals surface area contributed by atoms with E-state index in [1.54, 1.807) is 19.1 Å². The molecule has 1 fully saturated rings. The highest BCUT2D eigenvalue weighted by Crippen LogP contribution is 2.26. The van der Waals surface area contributed by atoms with Crippen molar-refractivity contribution in [2.45, 2.75) is 18.9 Å². The summed E-state index contributed by atoms with van der Waals surface area (Å²) in [5, 5.41) is 2.74. The molecule has 1 aliphatic heterocycles. The fraction of sp³-hybridized carbons (Fsp3) is 0.316. The quantitative estimate of drug-likeness (QED) is 0.878. The van der Waals surface area contributed by atoms with Crippen LogP contribution in [0.2, 0.25) is 0 Å². The number of nitrogens with one attached hydrogen (secondary N) is 1. The summed E-state index contributed by atoms with van der Waals surface area (Å²) in [6.07, 6.45) is 0. The van der Waals surface area contributed by atoms with E-state index in [0.29, 0.717) is 17.8 Å². The first kappa shape index (κ1) is 19.4. The average molecular weight is 364 g/mol. The molecule has 1 aliphatic rings. The Bertz CT molecular complexity index is 726. The summed E-state index contributed by atoms with van der Waals surface area (Å²) in [6, 6.07) is 14.9. The zero-order valence-corrected chi connectivity index (χ0v) is 14.9. The molecule has 0 unspecified atom stereocenters. The number of nitrogens with zero attached hydrogens (tertiary/aromatic N) is 1. The first-order valence-corrected chi connectivity index (χ1v) is 8.12. The van der Waals surface area contributed by atoms with Gasteiger partial charge < -0.3 is 11.1 Å². The molecule has 25 heavy (non-hydrogen) atoms. The van der Waals surface area contributed by atoms with Gasteiger partial charge in [-0.15, -0.1) is 12.4 Å². The van der Waals surface area contributed by atoms with Crippen molar-refractivity contribution in [3.8, 4) is 0 Å². The molecule has 134 valence electrons. The van der Waals surface area contributed by atoms with Crippen LogP contribution in [0.1, 0.15) is 17.0 Å². The molecule has 6 heteroatoms. The predicted octanol–water partition coefficient (Wildman–Crippen LogP) is 2.92. The van der Waals surface area contributed by atoms with E-state index in [-0.39, 0.29) is 42.6 Å². The molecule has 0 radical (unpaired) electrons. The molecule has 0 bridgehead atoms. The summed E-state index contributed by atoms with van der Waals surface area (Å²) in [4.78, 5) is 14.2. The second-order valence-electron chi connectivity index (χ2n) is 6.39. The number of carbonyl (C=O) groups is 1. The van der Waals surface area contributed by atoms with Crippen LogP contribution >= 0.6 is 12.4 Å². The zero-order valence-electron chi connectivity index (χ0n) is 14.1. The molecule has 0 aromatic heterocycles. The van der Waals surface area contributed by atoms with Crippen LogP contribution in [-0.4, -0.2) is 36.5 Å². The number of hydrogen-bond acceptors (Lipinski definition) is 3. The second kappa shape index (κ2) is 8.43. The molecule has 2 aromatic carbocycles. The number of anilines is 1. The van der Waals surface area contributed by atoms with Crippen molar-refractivity contribution < 1.29 is 9.18 Å². The van der Waals surface area contributed by atoms with E-state index >= 15 is 0 Å². The van der Waals surface area contributed by atoms with Gasteiger partial charge in [0.25, 0.3) is 0 Å². The van der Waals surface area contributed by atoms with Crippen LogP contribution < -0.4 is 11.1 Å². The van der Waals surface area contributed by atoms with Gasteiger partial charge in [-0.2, -0.15) is 0 Å². The largest absolute Gasteiger partial charge is 0.326 e. The molecule has 1 amide bonds. The Morgan fingerprint density at radius 3 is 2.64 bits per heavy atom. The van der Waals surface area contributed by atoms with E-state index in [9.17, 15) is 9.18 Å². The molecule has 1 heterocycles. The Balaban J connectivity index is 0.00000225. The van der Waals surface area contributed by atoms with Crippen LogP contribution in [0.25, 0.3) is 0 Å². The van der Waals surface area contributed by atoms with E-state index in [1.165, 1.54) is 11.6 Å². The van der Waals surface area contributed by atoms with Crippen LogP contribution in [-0.2, 0) is 4.79 Å². The molecular formula is C19H23ClFN3O. The first-order chi connectivity index (χ1) is 11.5. The lowest BCUT2D eigenvalue weighted by Gasteiger charge is -2.16. The number of likely N-dealkylation sites (tertiary alicyclic amines) is 1. The number of aryl methyl sites for hydroxylation is 1. The highest BCUT2D eigenvalue weighted by atomic mass is 35.5. The maximum atomic E-state index is 13.5. The maximum absolute atomic E-state index is 13.5. The number of benzene rings is 2. The van der Waals surface area contributed by atoms with Crippen LogP contribution in [0.15, 0.2) is 48.5 Å². The molecule has 1 saturated heterocycles. The Morgan fingerprint density at radius 1 is 1.24 bits per heavy atom. The van der Waals surface area contributed by atoms with E-state index in [0.717, 1.165) is 6.54 Å². The Morgan fingerprint density at radius 2 is 1.96 bits per heavy atom. The monoisotopic (exact) mass is 363 g/mol. The van der Waals surface area contributed by atoms with Crippen molar-refractivity contribution in [1.29, 1.82) is 0 Å². The van der Waals surface area contributed by atoms with Gasteiger partial charge in [-0.1, -0.05) is 36.4 Å². The number of halogens is 2. The van der Waals surface area contributed by atoms with Gasteiger partial charge in [-0.05, 0) is 30.2 Å². The van der Waals surface area contributed by atoms with Gasteiger partial charge in [-0.25, -0.2) is 4.39 Å². The smallest absolute Gasteiger partial charge is 0.238 e.